The topological polar surface area (TPSA) is 66.6 Å². The van der Waals surface area contributed by atoms with Gasteiger partial charge in [-0.15, -0.1) is 0 Å². The highest BCUT2D eigenvalue weighted by atomic mass is 16.6. The second-order valence-corrected chi connectivity index (χ2v) is 4.64. The Morgan fingerprint density at radius 2 is 1.82 bits per heavy atom. The van der Waals surface area contributed by atoms with Crippen LogP contribution in [0.4, 0.5) is 5.69 Å². The first-order chi connectivity index (χ1) is 8.01. The molecule has 1 aliphatic heterocycles. The van der Waals surface area contributed by atoms with Crippen LogP contribution in [0.25, 0.3) is 0 Å². The molecule has 1 saturated heterocycles. The first-order valence-electron chi connectivity index (χ1n) is 5.67. The highest BCUT2D eigenvalue weighted by Gasteiger charge is 2.33. The number of likely N-dealkylation sites (tertiary alicyclic amines) is 1. The minimum absolute atomic E-state index is 0.0604. The van der Waals surface area contributed by atoms with Crippen LogP contribution in [0.3, 0.4) is 0 Å². The van der Waals surface area contributed by atoms with Gasteiger partial charge in [-0.2, -0.15) is 0 Å². The highest BCUT2D eigenvalue weighted by Crippen LogP contribution is 2.33. The minimum Gasteiger partial charge on any atom is -0.385 e. The third-order valence-corrected chi connectivity index (χ3v) is 3.43. The summed E-state index contributed by atoms with van der Waals surface area (Å²) in [7, 11) is 2.02. The Balaban J connectivity index is 2.19. The van der Waals surface area contributed by atoms with E-state index in [2.05, 4.69) is 4.90 Å². The van der Waals surface area contributed by atoms with Crippen molar-refractivity contribution in [3.63, 3.8) is 0 Å². The maximum atomic E-state index is 10.5. The van der Waals surface area contributed by atoms with Crippen molar-refractivity contribution in [1.29, 1.82) is 0 Å². The maximum absolute atomic E-state index is 10.5. The van der Waals surface area contributed by atoms with Crippen molar-refractivity contribution in [3.05, 3.63) is 39.9 Å². The molecule has 0 saturated carbocycles. The number of piperidine rings is 1. The summed E-state index contributed by atoms with van der Waals surface area (Å²) in [6.07, 6.45) is 1.34. The molecule has 0 aliphatic carbocycles. The first kappa shape index (κ1) is 12.0. The second-order valence-electron chi connectivity index (χ2n) is 4.64. The van der Waals surface area contributed by atoms with E-state index >= 15 is 0 Å². The fraction of sp³-hybridized carbons (Fsp3) is 0.500. The van der Waals surface area contributed by atoms with Gasteiger partial charge < -0.3 is 10.0 Å². The lowest BCUT2D eigenvalue weighted by molar-refractivity contribution is -0.384. The van der Waals surface area contributed by atoms with E-state index in [-0.39, 0.29) is 5.69 Å². The number of nitro groups is 1. The van der Waals surface area contributed by atoms with Gasteiger partial charge in [0.2, 0.25) is 0 Å². The third kappa shape index (κ3) is 2.45. The minimum atomic E-state index is -0.832. The van der Waals surface area contributed by atoms with E-state index in [0.717, 1.165) is 18.7 Å². The third-order valence-electron chi connectivity index (χ3n) is 3.43. The van der Waals surface area contributed by atoms with Crippen molar-refractivity contribution in [2.24, 2.45) is 0 Å². The zero-order valence-corrected chi connectivity index (χ0v) is 9.80. The Kier molecular flexibility index (Phi) is 3.13. The van der Waals surface area contributed by atoms with E-state index in [1.165, 1.54) is 12.1 Å². The summed E-state index contributed by atoms with van der Waals surface area (Å²) in [6.45, 7) is 1.68. The lowest BCUT2D eigenvalue weighted by atomic mass is 9.84. The van der Waals surface area contributed by atoms with Crippen LogP contribution in [0, 0.1) is 10.1 Å². The fourth-order valence-electron chi connectivity index (χ4n) is 2.17. The standard InChI is InChI=1S/C12H16N2O3/c1-13-8-6-12(15,7-9-13)10-2-4-11(5-3-10)14(16)17/h2-5,15H,6-9H2,1H3. The van der Waals surface area contributed by atoms with Crippen LogP contribution in [0.5, 0.6) is 0 Å². The van der Waals surface area contributed by atoms with Crippen LogP contribution in [0.1, 0.15) is 18.4 Å². The van der Waals surface area contributed by atoms with Crippen molar-refractivity contribution in [1.82, 2.24) is 4.90 Å². The van der Waals surface area contributed by atoms with Crippen LogP contribution >= 0.6 is 0 Å². The molecule has 5 nitrogen and oxygen atoms in total. The molecular formula is C12H16N2O3. The number of nitro benzene ring substituents is 1. The number of benzene rings is 1. The normalized spacial score (nSPS) is 20.1. The largest absolute Gasteiger partial charge is 0.385 e. The summed E-state index contributed by atoms with van der Waals surface area (Å²) < 4.78 is 0. The van der Waals surface area contributed by atoms with Crippen LogP contribution in [0.2, 0.25) is 0 Å². The number of hydrogen-bond donors (Lipinski definition) is 1. The van der Waals surface area contributed by atoms with Gasteiger partial charge in [0.05, 0.1) is 10.5 Å². The van der Waals surface area contributed by atoms with Gasteiger partial charge in [-0.1, -0.05) is 0 Å². The van der Waals surface area contributed by atoms with Crippen molar-refractivity contribution in [2.45, 2.75) is 18.4 Å². The van der Waals surface area contributed by atoms with Crippen molar-refractivity contribution >= 4 is 5.69 Å². The summed E-state index contributed by atoms with van der Waals surface area (Å²) in [5.74, 6) is 0. The number of aliphatic hydroxyl groups is 1. The summed E-state index contributed by atoms with van der Waals surface area (Å²) in [5, 5.41) is 21.0. The lowest BCUT2D eigenvalue weighted by Gasteiger charge is -2.36. The zero-order chi connectivity index (χ0) is 12.5. The Bertz CT molecular complexity index is 408. The average molecular weight is 236 g/mol. The van der Waals surface area contributed by atoms with Crippen molar-refractivity contribution in [2.75, 3.05) is 20.1 Å². The van der Waals surface area contributed by atoms with Gasteiger partial charge in [0.1, 0.15) is 0 Å². The Hall–Kier alpha value is -1.46. The molecular weight excluding hydrogens is 220 g/mol. The van der Waals surface area contributed by atoms with Gasteiger partial charge in [-0.3, -0.25) is 10.1 Å². The molecule has 1 aliphatic rings. The van der Waals surface area contributed by atoms with Crippen LogP contribution in [-0.2, 0) is 5.60 Å². The molecule has 0 amide bonds. The van der Waals surface area contributed by atoms with Gasteiger partial charge >= 0.3 is 0 Å². The van der Waals surface area contributed by atoms with Gasteiger partial charge in [0, 0.05) is 25.2 Å². The number of nitrogens with zero attached hydrogens (tertiary/aromatic N) is 2. The summed E-state index contributed by atoms with van der Waals surface area (Å²) in [4.78, 5) is 12.3. The first-order valence-corrected chi connectivity index (χ1v) is 5.67. The fourth-order valence-corrected chi connectivity index (χ4v) is 2.17. The Morgan fingerprint density at radius 3 is 2.29 bits per heavy atom. The van der Waals surface area contributed by atoms with Crippen LogP contribution < -0.4 is 0 Å². The van der Waals surface area contributed by atoms with E-state index in [1.807, 2.05) is 7.05 Å². The second kappa shape index (κ2) is 4.43. The van der Waals surface area contributed by atoms with Gasteiger partial charge in [-0.05, 0) is 37.6 Å². The number of non-ortho nitro benzene ring substituents is 1. The summed E-state index contributed by atoms with van der Waals surface area (Å²) in [6, 6.07) is 6.21. The Morgan fingerprint density at radius 1 is 1.29 bits per heavy atom. The molecule has 0 atom stereocenters. The number of hydrogen-bond acceptors (Lipinski definition) is 4. The molecule has 92 valence electrons. The average Bonchev–Trinajstić information content (AvgIpc) is 2.33. The van der Waals surface area contributed by atoms with Gasteiger partial charge in [-0.25, -0.2) is 0 Å². The molecule has 1 fully saturated rings. The summed E-state index contributed by atoms with van der Waals surface area (Å²) >= 11 is 0. The predicted molar refractivity (Wildman–Crippen MR) is 63.7 cm³/mol. The van der Waals surface area contributed by atoms with E-state index in [4.69, 9.17) is 0 Å². The monoisotopic (exact) mass is 236 g/mol. The SMILES string of the molecule is CN1CCC(O)(c2ccc([N+](=O)[O-])cc2)CC1. The molecule has 1 aromatic carbocycles. The van der Waals surface area contributed by atoms with E-state index in [1.54, 1.807) is 12.1 Å². The van der Waals surface area contributed by atoms with Crippen molar-refractivity contribution in [3.8, 4) is 0 Å². The molecule has 0 bridgehead atoms. The molecule has 0 unspecified atom stereocenters. The molecule has 0 radical (unpaired) electrons. The molecule has 0 spiro atoms. The maximum Gasteiger partial charge on any atom is 0.269 e. The van der Waals surface area contributed by atoms with Crippen LogP contribution in [-0.4, -0.2) is 35.1 Å². The highest BCUT2D eigenvalue weighted by molar-refractivity contribution is 5.35. The van der Waals surface area contributed by atoms with Gasteiger partial charge in [0.25, 0.3) is 5.69 Å². The molecule has 1 aromatic rings. The van der Waals surface area contributed by atoms with E-state index in [9.17, 15) is 15.2 Å². The lowest BCUT2D eigenvalue weighted by Crippen LogP contribution is -2.40. The van der Waals surface area contributed by atoms with E-state index < -0.39 is 10.5 Å². The molecule has 17 heavy (non-hydrogen) atoms. The Labute approximate surface area is 99.8 Å². The molecule has 2 rings (SSSR count). The van der Waals surface area contributed by atoms with E-state index in [0.29, 0.717) is 12.8 Å². The molecule has 0 aromatic heterocycles. The number of rotatable bonds is 2. The zero-order valence-electron chi connectivity index (χ0n) is 9.80. The predicted octanol–water partition coefficient (Wildman–Crippen LogP) is 1.51. The molecule has 1 heterocycles. The molecule has 1 N–H and O–H groups in total. The van der Waals surface area contributed by atoms with Crippen molar-refractivity contribution < 1.29 is 10.0 Å². The van der Waals surface area contributed by atoms with Gasteiger partial charge in [0.15, 0.2) is 0 Å². The van der Waals surface area contributed by atoms with Crippen LogP contribution in [0.15, 0.2) is 24.3 Å². The quantitative estimate of drug-likeness (QED) is 0.624. The smallest absolute Gasteiger partial charge is 0.269 e. The molecule has 5 heteroatoms. The summed E-state index contributed by atoms with van der Waals surface area (Å²) in [5.41, 5.74) is 0.00299.